The minimum Gasteiger partial charge on any atom is -0.380 e. The average Bonchev–Trinajstić information content (AvgIpc) is 2.75. The second kappa shape index (κ2) is 3.70. The van der Waals surface area contributed by atoms with Gasteiger partial charge in [0.15, 0.2) is 0 Å². The Balaban J connectivity index is 2.06. The Labute approximate surface area is 84.2 Å². The maximum Gasteiger partial charge on any atom is 0.106 e. The highest BCUT2D eigenvalue weighted by Gasteiger charge is 2.17. The van der Waals surface area contributed by atoms with Crippen LogP contribution in [-0.2, 0) is 6.42 Å². The van der Waals surface area contributed by atoms with Crippen LogP contribution in [0.5, 0.6) is 0 Å². The molecule has 1 unspecified atom stereocenters. The Bertz CT molecular complexity index is 347. The number of hydrogen-bond acceptors (Lipinski definition) is 2. The first kappa shape index (κ1) is 9.06. The Morgan fingerprint density at radius 3 is 3.00 bits per heavy atom. The van der Waals surface area contributed by atoms with E-state index in [1.807, 2.05) is 6.20 Å². The lowest BCUT2D eigenvalue weighted by Gasteiger charge is -2.20. The van der Waals surface area contributed by atoms with Crippen molar-refractivity contribution >= 4 is 0 Å². The fourth-order valence-corrected chi connectivity index (χ4v) is 1.78. The lowest BCUT2D eigenvalue weighted by atomic mass is 10.0. The van der Waals surface area contributed by atoms with Gasteiger partial charge in [0.25, 0.3) is 0 Å². The van der Waals surface area contributed by atoms with E-state index in [0.29, 0.717) is 5.92 Å². The van der Waals surface area contributed by atoms with E-state index in [9.17, 15) is 0 Å². The first-order valence-corrected chi connectivity index (χ1v) is 4.81. The van der Waals surface area contributed by atoms with E-state index in [0.717, 1.165) is 12.2 Å². The Kier molecular flexibility index (Phi) is 2.39. The summed E-state index contributed by atoms with van der Waals surface area (Å²) >= 11 is 0. The van der Waals surface area contributed by atoms with Gasteiger partial charge in [-0.2, -0.15) is 0 Å². The van der Waals surface area contributed by atoms with E-state index < -0.39 is 0 Å². The van der Waals surface area contributed by atoms with E-state index in [4.69, 9.17) is 0 Å². The van der Waals surface area contributed by atoms with Crippen molar-refractivity contribution in [2.45, 2.75) is 6.42 Å². The minimum atomic E-state index is 0.469. The van der Waals surface area contributed by atoms with Crippen LogP contribution in [0, 0.1) is 5.92 Å². The lowest BCUT2D eigenvalue weighted by Crippen LogP contribution is -2.18. The summed E-state index contributed by atoms with van der Waals surface area (Å²) in [7, 11) is 4.15. The molecule has 0 radical (unpaired) electrons. The summed E-state index contributed by atoms with van der Waals surface area (Å²) in [5, 5.41) is 0. The standard InChI is InChI=1S/C11H15N3/c1-14(2)10-5-3-4-9(10)8-11-12-6-7-13-11/h3-7,9H,8H2,1-2H3,(H,12,13). The van der Waals surface area contributed by atoms with Crippen molar-refractivity contribution < 1.29 is 0 Å². The van der Waals surface area contributed by atoms with Crippen LogP contribution >= 0.6 is 0 Å². The number of imidazole rings is 1. The maximum atomic E-state index is 4.24. The number of hydrogen-bond donors (Lipinski definition) is 1. The third-order valence-electron chi connectivity index (χ3n) is 2.47. The molecule has 0 spiro atoms. The van der Waals surface area contributed by atoms with E-state index >= 15 is 0 Å². The summed E-state index contributed by atoms with van der Waals surface area (Å²) in [6.07, 6.45) is 11.1. The predicted octanol–water partition coefficient (Wildman–Crippen LogP) is 1.58. The Hall–Kier alpha value is -1.51. The van der Waals surface area contributed by atoms with Crippen molar-refractivity contribution in [2.24, 2.45) is 5.92 Å². The molecule has 1 aliphatic carbocycles. The fraction of sp³-hybridized carbons (Fsp3) is 0.364. The van der Waals surface area contributed by atoms with Gasteiger partial charge in [-0.15, -0.1) is 0 Å². The van der Waals surface area contributed by atoms with Gasteiger partial charge in [-0.3, -0.25) is 0 Å². The van der Waals surface area contributed by atoms with Crippen LogP contribution in [0.15, 0.2) is 36.3 Å². The monoisotopic (exact) mass is 189 g/mol. The molecular formula is C11H15N3. The van der Waals surface area contributed by atoms with Crippen LogP contribution in [0.25, 0.3) is 0 Å². The molecule has 0 amide bonds. The largest absolute Gasteiger partial charge is 0.380 e. The van der Waals surface area contributed by atoms with Crippen LogP contribution < -0.4 is 0 Å². The average molecular weight is 189 g/mol. The minimum absolute atomic E-state index is 0.469. The molecule has 3 heteroatoms. The van der Waals surface area contributed by atoms with Gasteiger partial charge in [-0.1, -0.05) is 12.2 Å². The molecule has 3 nitrogen and oxygen atoms in total. The highest BCUT2D eigenvalue weighted by atomic mass is 15.1. The van der Waals surface area contributed by atoms with E-state index in [1.54, 1.807) is 6.20 Å². The molecular weight excluding hydrogens is 174 g/mol. The number of allylic oxidation sites excluding steroid dienone is 3. The summed E-state index contributed by atoms with van der Waals surface area (Å²) in [6.45, 7) is 0. The molecule has 0 saturated carbocycles. The zero-order valence-corrected chi connectivity index (χ0v) is 8.57. The summed E-state index contributed by atoms with van der Waals surface area (Å²) in [5.41, 5.74) is 1.35. The lowest BCUT2D eigenvalue weighted by molar-refractivity contribution is 0.451. The molecule has 1 aromatic rings. The first-order chi connectivity index (χ1) is 6.77. The summed E-state index contributed by atoms with van der Waals surface area (Å²) in [6, 6.07) is 0. The molecule has 0 saturated heterocycles. The third-order valence-corrected chi connectivity index (χ3v) is 2.47. The smallest absolute Gasteiger partial charge is 0.106 e. The number of aromatic amines is 1. The number of aromatic nitrogens is 2. The van der Waals surface area contributed by atoms with Crippen molar-refractivity contribution in [3.63, 3.8) is 0 Å². The summed E-state index contributed by atoms with van der Waals surface area (Å²) < 4.78 is 0. The molecule has 0 fully saturated rings. The van der Waals surface area contributed by atoms with Crippen molar-refractivity contribution in [1.82, 2.24) is 14.9 Å². The molecule has 1 heterocycles. The summed E-state index contributed by atoms with van der Waals surface area (Å²) in [4.78, 5) is 9.53. The molecule has 2 rings (SSSR count). The number of nitrogens with zero attached hydrogens (tertiary/aromatic N) is 2. The predicted molar refractivity (Wildman–Crippen MR) is 56.7 cm³/mol. The normalized spacial score (nSPS) is 19.9. The van der Waals surface area contributed by atoms with Crippen molar-refractivity contribution in [1.29, 1.82) is 0 Å². The summed E-state index contributed by atoms with van der Waals surface area (Å²) in [5.74, 6) is 1.52. The molecule has 14 heavy (non-hydrogen) atoms. The van der Waals surface area contributed by atoms with Gasteiger partial charge < -0.3 is 9.88 Å². The van der Waals surface area contributed by atoms with Gasteiger partial charge in [-0.25, -0.2) is 4.98 Å². The van der Waals surface area contributed by atoms with Crippen LogP contribution in [0.1, 0.15) is 5.82 Å². The quantitative estimate of drug-likeness (QED) is 0.783. The Morgan fingerprint density at radius 2 is 2.36 bits per heavy atom. The van der Waals surface area contributed by atoms with Gasteiger partial charge in [0, 0.05) is 44.5 Å². The highest BCUT2D eigenvalue weighted by molar-refractivity contribution is 5.27. The molecule has 1 N–H and O–H groups in total. The molecule has 0 aliphatic heterocycles. The fourth-order valence-electron chi connectivity index (χ4n) is 1.78. The van der Waals surface area contributed by atoms with E-state index in [1.165, 1.54) is 5.70 Å². The molecule has 74 valence electrons. The van der Waals surface area contributed by atoms with Crippen molar-refractivity contribution in [3.05, 3.63) is 42.1 Å². The zero-order chi connectivity index (χ0) is 9.97. The SMILES string of the molecule is CN(C)C1=CC=CC1Cc1ncc[nH]1. The van der Waals surface area contributed by atoms with Crippen molar-refractivity contribution in [2.75, 3.05) is 14.1 Å². The topological polar surface area (TPSA) is 31.9 Å². The van der Waals surface area contributed by atoms with Gasteiger partial charge in [-0.05, 0) is 6.08 Å². The second-order valence-electron chi connectivity index (χ2n) is 3.72. The van der Waals surface area contributed by atoms with Gasteiger partial charge in [0.2, 0.25) is 0 Å². The molecule has 1 atom stereocenters. The number of rotatable bonds is 3. The highest BCUT2D eigenvalue weighted by Crippen LogP contribution is 2.23. The van der Waals surface area contributed by atoms with Crippen LogP contribution in [0.2, 0.25) is 0 Å². The van der Waals surface area contributed by atoms with Crippen LogP contribution in [0.4, 0.5) is 0 Å². The number of nitrogens with one attached hydrogen (secondary N) is 1. The van der Waals surface area contributed by atoms with E-state index in [-0.39, 0.29) is 0 Å². The van der Waals surface area contributed by atoms with Crippen molar-refractivity contribution in [3.8, 4) is 0 Å². The van der Waals surface area contributed by atoms with Gasteiger partial charge in [0.1, 0.15) is 5.82 Å². The second-order valence-corrected chi connectivity index (χ2v) is 3.72. The Morgan fingerprint density at radius 1 is 1.50 bits per heavy atom. The third kappa shape index (κ3) is 1.71. The maximum absolute atomic E-state index is 4.24. The van der Waals surface area contributed by atoms with Crippen LogP contribution in [0.3, 0.4) is 0 Å². The number of H-pyrrole nitrogens is 1. The van der Waals surface area contributed by atoms with Gasteiger partial charge in [0.05, 0.1) is 0 Å². The molecule has 1 aromatic heterocycles. The molecule has 1 aliphatic rings. The van der Waals surface area contributed by atoms with Gasteiger partial charge >= 0.3 is 0 Å². The first-order valence-electron chi connectivity index (χ1n) is 4.81. The van der Waals surface area contributed by atoms with E-state index in [2.05, 4.69) is 47.2 Å². The molecule has 0 bridgehead atoms. The molecule has 0 aromatic carbocycles. The van der Waals surface area contributed by atoms with Crippen LogP contribution in [-0.4, -0.2) is 29.0 Å². The zero-order valence-electron chi connectivity index (χ0n) is 8.57.